The highest BCUT2D eigenvalue weighted by molar-refractivity contribution is 5.40. The maximum Gasteiger partial charge on any atom is 0.0454 e. The molecule has 1 aromatic carbocycles. The van der Waals surface area contributed by atoms with Gasteiger partial charge in [0.05, 0.1) is 0 Å². The van der Waals surface area contributed by atoms with Gasteiger partial charge in [-0.2, -0.15) is 0 Å². The van der Waals surface area contributed by atoms with E-state index in [0.717, 1.165) is 13.1 Å². The summed E-state index contributed by atoms with van der Waals surface area (Å²) < 4.78 is 0. The second-order valence-electron chi connectivity index (χ2n) is 5.43. The Labute approximate surface area is 105 Å². The molecule has 17 heavy (non-hydrogen) atoms. The van der Waals surface area contributed by atoms with Crippen molar-refractivity contribution in [3.05, 3.63) is 34.4 Å². The standard InChI is InChI=1S/C15H24N2/c1-11-8-12(2)15(13(3)9-11)14-10-17(4)7-5-6-16-14/h8-9,14,16H,5-7,10H2,1-4H3. The summed E-state index contributed by atoms with van der Waals surface area (Å²) in [6.45, 7) is 10.1. The molecule has 0 aliphatic carbocycles. The smallest absolute Gasteiger partial charge is 0.0454 e. The van der Waals surface area contributed by atoms with Crippen LogP contribution in [0.15, 0.2) is 12.1 Å². The molecule has 1 heterocycles. The van der Waals surface area contributed by atoms with E-state index in [4.69, 9.17) is 0 Å². The first-order valence-corrected chi connectivity index (χ1v) is 6.57. The van der Waals surface area contributed by atoms with Gasteiger partial charge in [-0.15, -0.1) is 0 Å². The third kappa shape index (κ3) is 2.88. The summed E-state index contributed by atoms with van der Waals surface area (Å²) in [6.07, 6.45) is 1.25. The normalized spacial score (nSPS) is 22.5. The monoisotopic (exact) mass is 232 g/mol. The molecular formula is C15H24N2. The highest BCUT2D eigenvalue weighted by Gasteiger charge is 2.20. The molecule has 1 aliphatic heterocycles. The summed E-state index contributed by atoms with van der Waals surface area (Å²) in [6, 6.07) is 5.09. The maximum absolute atomic E-state index is 3.69. The molecule has 1 fully saturated rings. The molecule has 1 N–H and O–H groups in total. The second-order valence-corrected chi connectivity index (χ2v) is 5.43. The van der Waals surface area contributed by atoms with Crippen LogP contribution in [-0.2, 0) is 0 Å². The van der Waals surface area contributed by atoms with Crippen LogP contribution in [0.4, 0.5) is 0 Å². The quantitative estimate of drug-likeness (QED) is 0.800. The molecule has 1 aromatic rings. The lowest BCUT2D eigenvalue weighted by Crippen LogP contribution is -2.30. The predicted molar refractivity (Wildman–Crippen MR) is 73.5 cm³/mol. The zero-order chi connectivity index (χ0) is 12.4. The third-order valence-corrected chi connectivity index (χ3v) is 3.69. The van der Waals surface area contributed by atoms with Crippen molar-refractivity contribution >= 4 is 0 Å². The topological polar surface area (TPSA) is 15.3 Å². The SMILES string of the molecule is Cc1cc(C)c(C2CN(C)CCCN2)c(C)c1. The largest absolute Gasteiger partial charge is 0.309 e. The summed E-state index contributed by atoms with van der Waals surface area (Å²) in [5, 5.41) is 3.69. The van der Waals surface area contributed by atoms with Crippen LogP contribution in [-0.4, -0.2) is 31.6 Å². The van der Waals surface area contributed by atoms with Gasteiger partial charge in [0, 0.05) is 12.6 Å². The van der Waals surface area contributed by atoms with Crippen LogP contribution in [0.25, 0.3) is 0 Å². The maximum atomic E-state index is 3.69. The fraction of sp³-hybridized carbons (Fsp3) is 0.600. The van der Waals surface area contributed by atoms with E-state index in [2.05, 4.69) is 50.2 Å². The van der Waals surface area contributed by atoms with Crippen LogP contribution >= 0.6 is 0 Å². The molecule has 1 aliphatic rings. The van der Waals surface area contributed by atoms with Crippen LogP contribution < -0.4 is 5.32 Å². The van der Waals surface area contributed by atoms with Gasteiger partial charge in [0.1, 0.15) is 0 Å². The van der Waals surface area contributed by atoms with Gasteiger partial charge in [-0.25, -0.2) is 0 Å². The summed E-state index contributed by atoms with van der Waals surface area (Å²) in [4.78, 5) is 2.43. The number of benzene rings is 1. The molecule has 0 aromatic heterocycles. The molecular weight excluding hydrogens is 208 g/mol. The van der Waals surface area contributed by atoms with Crippen molar-refractivity contribution in [3.8, 4) is 0 Å². The van der Waals surface area contributed by atoms with Crippen LogP contribution in [0.5, 0.6) is 0 Å². The number of nitrogens with one attached hydrogen (secondary N) is 1. The zero-order valence-electron chi connectivity index (χ0n) is 11.5. The number of hydrogen-bond acceptors (Lipinski definition) is 2. The van der Waals surface area contributed by atoms with Gasteiger partial charge in [0.15, 0.2) is 0 Å². The molecule has 0 spiro atoms. The molecule has 1 unspecified atom stereocenters. The first kappa shape index (κ1) is 12.6. The van der Waals surface area contributed by atoms with E-state index in [-0.39, 0.29) is 0 Å². The molecule has 0 saturated carbocycles. The van der Waals surface area contributed by atoms with Crippen LogP contribution in [0.3, 0.4) is 0 Å². The molecule has 0 amide bonds. The Bertz CT molecular complexity index is 375. The van der Waals surface area contributed by atoms with Crippen molar-refractivity contribution in [1.29, 1.82) is 0 Å². The van der Waals surface area contributed by atoms with Crippen molar-refractivity contribution < 1.29 is 0 Å². The lowest BCUT2D eigenvalue weighted by atomic mass is 9.94. The number of rotatable bonds is 1. The first-order chi connectivity index (χ1) is 8.08. The van der Waals surface area contributed by atoms with Gasteiger partial charge in [0.2, 0.25) is 0 Å². The minimum Gasteiger partial charge on any atom is -0.309 e. The summed E-state index contributed by atoms with van der Waals surface area (Å²) in [7, 11) is 2.22. The van der Waals surface area contributed by atoms with Gasteiger partial charge in [-0.05, 0) is 64.0 Å². The van der Waals surface area contributed by atoms with E-state index in [9.17, 15) is 0 Å². The Morgan fingerprint density at radius 1 is 1.18 bits per heavy atom. The summed E-state index contributed by atoms with van der Waals surface area (Å²) in [5.74, 6) is 0. The van der Waals surface area contributed by atoms with Gasteiger partial charge in [-0.1, -0.05) is 17.7 Å². The second kappa shape index (κ2) is 5.19. The Hall–Kier alpha value is -0.860. The average Bonchev–Trinajstić information content (AvgIpc) is 2.41. The fourth-order valence-corrected chi connectivity index (χ4v) is 3.03. The highest BCUT2D eigenvalue weighted by Crippen LogP contribution is 2.25. The Kier molecular flexibility index (Phi) is 3.85. The lowest BCUT2D eigenvalue weighted by molar-refractivity contribution is 0.326. The van der Waals surface area contributed by atoms with Crippen molar-refractivity contribution in [2.24, 2.45) is 0 Å². The molecule has 2 heteroatoms. The number of nitrogens with zero attached hydrogens (tertiary/aromatic N) is 1. The first-order valence-electron chi connectivity index (χ1n) is 6.57. The van der Waals surface area contributed by atoms with Crippen molar-refractivity contribution in [3.63, 3.8) is 0 Å². The average molecular weight is 232 g/mol. The number of hydrogen-bond donors (Lipinski definition) is 1. The Balaban J connectivity index is 2.32. The minimum absolute atomic E-state index is 0.489. The van der Waals surface area contributed by atoms with E-state index in [1.165, 1.54) is 35.2 Å². The summed E-state index contributed by atoms with van der Waals surface area (Å²) >= 11 is 0. The Morgan fingerprint density at radius 2 is 1.82 bits per heavy atom. The minimum atomic E-state index is 0.489. The van der Waals surface area contributed by atoms with E-state index < -0.39 is 0 Å². The Morgan fingerprint density at radius 3 is 2.47 bits per heavy atom. The van der Waals surface area contributed by atoms with Crippen molar-refractivity contribution in [2.75, 3.05) is 26.7 Å². The molecule has 1 saturated heterocycles. The lowest BCUT2D eigenvalue weighted by Gasteiger charge is -2.24. The van der Waals surface area contributed by atoms with E-state index in [1.807, 2.05) is 0 Å². The third-order valence-electron chi connectivity index (χ3n) is 3.69. The molecule has 94 valence electrons. The zero-order valence-corrected chi connectivity index (χ0v) is 11.5. The van der Waals surface area contributed by atoms with Crippen LogP contribution in [0.1, 0.15) is 34.7 Å². The summed E-state index contributed by atoms with van der Waals surface area (Å²) in [5.41, 5.74) is 5.72. The molecule has 0 bridgehead atoms. The molecule has 1 atom stereocenters. The van der Waals surface area contributed by atoms with E-state index >= 15 is 0 Å². The van der Waals surface area contributed by atoms with Crippen LogP contribution in [0, 0.1) is 20.8 Å². The van der Waals surface area contributed by atoms with Gasteiger partial charge in [0.25, 0.3) is 0 Å². The van der Waals surface area contributed by atoms with Crippen LogP contribution in [0.2, 0.25) is 0 Å². The fourth-order valence-electron chi connectivity index (χ4n) is 3.03. The number of aryl methyl sites for hydroxylation is 3. The highest BCUT2D eigenvalue weighted by atomic mass is 15.1. The predicted octanol–water partition coefficient (Wildman–Crippen LogP) is 2.58. The number of likely N-dealkylation sites (N-methyl/N-ethyl adjacent to an activating group) is 1. The van der Waals surface area contributed by atoms with Gasteiger partial charge in [-0.3, -0.25) is 0 Å². The van der Waals surface area contributed by atoms with E-state index in [0.29, 0.717) is 6.04 Å². The van der Waals surface area contributed by atoms with Gasteiger partial charge < -0.3 is 10.2 Å². The molecule has 2 nitrogen and oxygen atoms in total. The molecule has 0 radical (unpaired) electrons. The van der Waals surface area contributed by atoms with E-state index in [1.54, 1.807) is 0 Å². The van der Waals surface area contributed by atoms with Gasteiger partial charge >= 0.3 is 0 Å². The van der Waals surface area contributed by atoms with Crippen molar-refractivity contribution in [1.82, 2.24) is 10.2 Å². The van der Waals surface area contributed by atoms with Crippen molar-refractivity contribution in [2.45, 2.75) is 33.2 Å². The molecule has 2 rings (SSSR count).